The molecule has 0 saturated carbocycles. The predicted octanol–water partition coefficient (Wildman–Crippen LogP) is 1.85. The maximum absolute atomic E-state index is 6.50. The highest BCUT2D eigenvalue weighted by Crippen LogP contribution is 2.39. The van der Waals surface area contributed by atoms with Crippen molar-refractivity contribution in [2.75, 3.05) is 0 Å². The number of hydrogen-bond acceptors (Lipinski definition) is 4. The van der Waals surface area contributed by atoms with E-state index in [1.807, 2.05) is 35.4 Å². The lowest BCUT2D eigenvalue weighted by atomic mass is 9.92. The van der Waals surface area contributed by atoms with E-state index in [0.717, 1.165) is 29.6 Å². The van der Waals surface area contributed by atoms with Gasteiger partial charge < -0.3 is 5.73 Å². The number of nitrogens with zero attached hydrogens (tertiary/aromatic N) is 4. The van der Waals surface area contributed by atoms with Gasteiger partial charge in [0.25, 0.3) is 0 Å². The Kier molecular flexibility index (Phi) is 2.53. The Labute approximate surface area is 116 Å². The summed E-state index contributed by atoms with van der Waals surface area (Å²) in [7, 11) is 0. The molecule has 2 atom stereocenters. The summed E-state index contributed by atoms with van der Waals surface area (Å²) >= 11 is 0. The first kappa shape index (κ1) is 11.5. The molecule has 2 unspecified atom stereocenters. The SMILES string of the molecule is NC(c1cnn2ccncc12)C1CCc2cccnc21. The Morgan fingerprint density at radius 1 is 1.30 bits per heavy atom. The van der Waals surface area contributed by atoms with Gasteiger partial charge in [-0.1, -0.05) is 6.07 Å². The van der Waals surface area contributed by atoms with Crippen molar-refractivity contribution in [3.8, 4) is 0 Å². The quantitative estimate of drug-likeness (QED) is 0.767. The zero-order valence-electron chi connectivity index (χ0n) is 11.0. The average Bonchev–Trinajstić information content (AvgIpc) is 3.11. The summed E-state index contributed by atoms with van der Waals surface area (Å²) in [5.41, 5.74) is 11.0. The highest BCUT2D eigenvalue weighted by molar-refractivity contribution is 5.54. The first-order valence-electron chi connectivity index (χ1n) is 6.81. The Bertz CT molecular complexity index is 764. The summed E-state index contributed by atoms with van der Waals surface area (Å²) < 4.78 is 1.82. The molecular formula is C15H15N5. The zero-order chi connectivity index (χ0) is 13.5. The number of aryl methyl sites for hydroxylation is 1. The molecule has 0 spiro atoms. The van der Waals surface area contributed by atoms with E-state index in [0.29, 0.717) is 0 Å². The van der Waals surface area contributed by atoms with E-state index in [1.165, 1.54) is 5.56 Å². The Hall–Kier alpha value is -2.27. The van der Waals surface area contributed by atoms with Crippen LogP contribution in [0.1, 0.15) is 35.2 Å². The van der Waals surface area contributed by atoms with Crippen LogP contribution in [0.5, 0.6) is 0 Å². The number of nitrogens with two attached hydrogens (primary N) is 1. The van der Waals surface area contributed by atoms with E-state index in [9.17, 15) is 0 Å². The molecule has 0 aromatic carbocycles. The Morgan fingerprint density at radius 3 is 3.20 bits per heavy atom. The van der Waals surface area contributed by atoms with Crippen LogP contribution in [0.25, 0.3) is 5.52 Å². The molecule has 0 fully saturated rings. The van der Waals surface area contributed by atoms with Gasteiger partial charge in [0, 0.05) is 41.8 Å². The van der Waals surface area contributed by atoms with Crippen molar-refractivity contribution in [1.29, 1.82) is 0 Å². The average molecular weight is 265 g/mol. The summed E-state index contributed by atoms with van der Waals surface area (Å²) in [4.78, 5) is 8.70. The van der Waals surface area contributed by atoms with Crippen LogP contribution in [0.2, 0.25) is 0 Å². The number of pyridine rings is 1. The first-order valence-corrected chi connectivity index (χ1v) is 6.81. The van der Waals surface area contributed by atoms with Crippen LogP contribution in [0.15, 0.2) is 43.1 Å². The van der Waals surface area contributed by atoms with Crippen LogP contribution in [0.4, 0.5) is 0 Å². The lowest BCUT2D eigenvalue weighted by Crippen LogP contribution is -2.18. The van der Waals surface area contributed by atoms with Crippen molar-refractivity contribution >= 4 is 5.52 Å². The van der Waals surface area contributed by atoms with Crippen molar-refractivity contribution in [2.45, 2.75) is 24.8 Å². The maximum atomic E-state index is 6.50. The van der Waals surface area contributed by atoms with Gasteiger partial charge in [-0.3, -0.25) is 9.97 Å². The van der Waals surface area contributed by atoms with Gasteiger partial charge in [0.1, 0.15) is 0 Å². The topological polar surface area (TPSA) is 69.1 Å². The van der Waals surface area contributed by atoms with Gasteiger partial charge in [0.05, 0.1) is 17.9 Å². The van der Waals surface area contributed by atoms with E-state index in [2.05, 4.69) is 21.1 Å². The highest BCUT2D eigenvalue weighted by Gasteiger charge is 2.31. The second-order valence-electron chi connectivity index (χ2n) is 5.22. The van der Waals surface area contributed by atoms with Crippen molar-refractivity contribution in [3.63, 3.8) is 0 Å². The third-order valence-electron chi connectivity index (χ3n) is 4.15. The van der Waals surface area contributed by atoms with Crippen molar-refractivity contribution in [2.24, 2.45) is 5.73 Å². The van der Waals surface area contributed by atoms with E-state index in [-0.39, 0.29) is 12.0 Å². The highest BCUT2D eigenvalue weighted by atomic mass is 15.2. The van der Waals surface area contributed by atoms with Gasteiger partial charge in [-0.15, -0.1) is 0 Å². The van der Waals surface area contributed by atoms with Crippen LogP contribution in [0, 0.1) is 0 Å². The number of aromatic nitrogens is 4. The fourth-order valence-corrected chi connectivity index (χ4v) is 3.12. The molecule has 5 heteroatoms. The molecule has 1 aliphatic carbocycles. The molecule has 3 aromatic rings. The van der Waals surface area contributed by atoms with Crippen molar-refractivity contribution < 1.29 is 0 Å². The first-order chi connectivity index (χ1) is 9.84. The van der Waals surface area contributed by atoms with Gasteiger partial charge in [-0.05, 0) is 24.5 Å². The summed E-state index contributed by atoms with van der Waals surface area (Å²) in [6.45, 7) is 0. The third-order valence-corrected chi connectivity index (χ3v) is 4.15. The van der Waals surface area contributed by atoms with E-state index < -0.39 is 0 Å². The Balaban J connectivity index is 1.77. The van der Waals surface area contributed by atoms with Gasteiger partial charge in [0.2, 0.25) is 0 Å². The number of hydrogen-bond donors (Lipinski definition) is 1. The minimum absolute atomic E-state index is 0.0900. The molecule has 0 radical (unpaired) electrons. The maximum Gasteiger partial charge on any atom is 0.0892 e. The zero-order valence-corrected chi connectivity index (χ0v) is 11.0. The fraction of sp³-hybridized carbons (Fsp3) is 0.267. The van der Waals surface area contributed by atoms with Crippen LogP contribution >= 0.6 is 0 Å². The molecular weight excluding hydrogens is 250 g/mol. The third kappa shape index (κ3) is 1.63. The number of fused-ring (bicyclic) bond motifs is 2. The molecule has 3 aromatic heterocycles. The van der Waals surface area contributed by atoms with Crippen molar-refractivity contribution in [1.82, 2.24) is 19.6 Å². The summed E-state index contributed by atoms with van der Waals surface area (Å²) in [5, 5.41) is 4.34. The molecule has 4 rings (SSSR count). The van der Waals surface area contributed by atoms with Gasteiger partial charge >= 0.3 is 0 Å². The summed E-state index contributed by atoms with van der Waals surface area (Å²) in [5.74, 6) is 0.263. The van der Waals surface area contributed by atoms with E-state index >= 15 is 0 Å². The molecule has 0 bridgehead atoms. The minimum Gasteiger partial charge on any atom is -0.323 e. The lowest BCUT2D eigenvalue weighted by molar-refractivity contribution is 0.544. The van der Waals surface area contributed by atoms with E-state index in [1.54, 1.807) is 6.20 Å². The smallest absolute Gasteiger partial charge is 0.0892 e. The monoisotopic (exact) mass is 265 g/mol. The normalized spacial score (nSPS) is 19.1. The summed E-state index contributed by atoms with van der Waals surface area (Å²) in [6, 6.07) is 4.05. The van der Waals surface area contributed by atoms with Crippen LogP contribution in [-0.4, -0.2) is 19.6 Å². The molecule has 1 aliphatic rings. The molecule has 20 heavy (non-hydrogen) atoms. The molecule has 3 heterocycles. The van der Waals surface area contributed by atoms with Gasteiger partial charge in [-0.2, -0.15) is 5.10 Å². The fourth-order valence-electron chi connectivity index (χ4n) is 3.12. The molecule has 0 saturated heterocycles. The predicted molar refractivity (Wildman–Crippen MR) is 75.2 cm³/mol. The number of rotatable bonds is 2. The van der Waals surface area contributed by atoms with Crippen molar-refractivity contribution in [3.05, 3.63) is 59.9 Å². The van der Waals surface area contributed by atoms with Gasteiger partial charge in [0.15, 0.2) is 0 Å². The standard InChI is InChI=1S/C15H15N5/c16-14(11-4-3-10-2-1-5-18-15(10)11)12-8-19-20-7-6-17-9-13(12)20/h1-2,5-9,11,14H,3-4,16H2. The lowest BCUT2D eigenvalue weighted by Gasteiger charge is -2.18. The molecule has 0 aliphatic heterocycles. The summed E-state index contributed by atoms with van der Waals surface area (Å²) in [6.07, 6.45) is 11.2. The van der Waals surface area contributed by atoms with Gasteiger partial charge in [-0.25, -0.2) is 4.52 Å². The second kappa shape index (κ2) is 4.38. The Morgan fingerprint density at radius 2 is 2.25 bits per heavy atom. The minimum atomic E-state index is -0.0900. The van der Waals surface area contributed by atoms with Crippen LogP contribution < -0.4 is 5.73 Å². The molecule has 5 nitrogen and oxygen atoms in total. The van der Waals surface area contributed by atoms with E-state index in [4.69, 9.17) is 5.73 Å². The molecule has 0 amide bonds. The second-order valence-corrected chi connectivity index (χ2v) is 5.22. The molecule has 100 valence electrons. The van der Waals surface area contributed by atoms with Crippen LogP contribution in [0.3, 0.4) is 0 Å². The largest absolute Gasteiger partial charge is 0.323 e. The van der Waals surface area contributed by atoms with Crippen LogP contribution in [-0.2, 0) is 6.42 Å². The molecule has 2 N–H and O–H groups in total.